The van der Waals surface area contributed by atoms with Crippen molar-refractivity contribution in [2.45, 2.75) is 17.8 Å². The molecule has 1 N–H and O–H groups in total. The third-order valence-corrected chi connectivity index (χ3v) is 2.26. The first-order chi connectivity index (χ1) is 6.36. The SMILES string of the molecule is Cc1nonc1CSc1nn[nH]n1. The first kappa shape index (κ1) is 8.17. The predicted molar refractivity (Wildman–Crippen MR) is 42.8 cm³/mol. The highest BCUT2D eigenvalue weighted by Gasteiger charge is 2.07. The largest absolute Gasteiger partial charge is 0.244 e. The van der Waals surface area contributed by atoms with E-state index in [2.05, 4.69) is 35.6 Å². The molecule has 7 nitrogen and oxygen atoms in total. The van der Waals surface area contributed by atoms with E-state index in [0.29, 0.717) is 10.9 Å². The second-order valence-electron chi connectivity index (χ2n) is 2.28. The number of aryl methyl sites for hydroxylation is 1. The van der Waals surface area contributed by atoms with Gasteiger partial charge in [0.15, 0.2) is 0 Å². The van der Waals surface area contributed by atoms with E-state index in [-0.39, 0.29) is 0 Å². The Balaban J connectivity index is 1.97. The lowest BCUT2D eigenvalue weighted by molar-refractivity contribution is 0.302. The van der Waals surface area contributed by atoms with Gasteiger partial charge in [-0.2, -0.15) is 5.21 Å². The lowest BCUT2D eigenvalue weighted by Gasteiger charge is -1.89. The normalized spacial score (nSPS) is 10.5. The number of nitrogens with one attached hydrogen (secondary N) is 1. The Labute approximate surface area is 77.3 Å². The summed E-state index contributed by atoms with van der Waals surface area (Å²) in [4.78, 5) is 0. The Morgan fingerprint density at radius 2 is 2.38 bits per heavy atom. The molecule has 2 aromatic rings. The first-order valence-electron chi connectivity index (χ1n) is 3.50. The van der Waals surface area contributed by atoms with Gasteiger partial charge in [0.2, 0.25) is 5.16 Å². The number of thioether (sulfide) groups is 1. The summed E-state index contributed by atoms with van der Waals surface area (Å²) >= 11 is 1.42. The minimum Gasteiger partial charge on any atom is -0.244 e. The number of tetrazole rings is 1. The highest BCUT2D eigenvalue weighted by Crippen LogP contribution is 2.17. The summed E-state index contributed by atoms with van der Waals surface area (Å²) in [5.41, 5.74) is 1.59. The first-order valence-corrected chi connectivity index (χ1v) is 4.49. The maximum atomic E-state index is 4.54. The van der Waals surface area contributed by atoms with E-state index in [4.69, 9.17) is 0 Å². The van der Waals surface area contributed by atoms with Crippen molar-refractivity contribution in [2.75, 3.05) is 0 Å². The van der Waals surface area contributed by atoms with Crippen LogP contribution in [0.1, 0.15) is 11.4 Å². The van der Waals surface area contributed by atoms with Gasteiger partial charge >= 0.3 is 0 Å². The molecular weight excluding hydrogens is 192 g/mol. The van der Waals surface area contributed by atoms with Crippen LogP contribution in [0, 0.1) is 6.92 Å². The lowest BCUT2D eigenvalue weighted by atomic mass is 10.4. The molecule has 0 saturated heterocycles. The van der Waals surface area contributed by atoms with Crippen LogP contribution in [0.5, 0.6) is 0 Å². The zero-order valence-corrected chi connectivity index (χ0v) is 7.58. The summed E-state index contributed by atoms with van der Waals surface area (Å²) in [6.45, 7) is 1.84. The van der Waals surface area contributed by atoms with Crippen molar-refractivity contribution in [2.24, 2.45) is 0 Å². The molecule has 0 aromatic carbocycles. The monoisotopic (exact) mass is 198 g/mol. The third kappa shape index (κ3) is 1.83. The molecule has 0 aliphatic heterocycles. The van der Waals surface area contributed by atoms with Gasteiger partial charge in [-0.15, -0.1) is 10.2 Å². The summed E-state index contributed by atoms with van der Waals surface area (Å²) in [6, 6.07) is 0. The van der Waals surface area contributed by atoms with Crippen LogP contribution in [-0.4, -0.2) is 30.9 Å². The molecule has 13 heavy (non-hydrogen) atoms. The molecule has 0 amide bonds. The highest BCUT2D eigenvalue weighted by atomic mass is 32.2. The van der Waals surface area contributed by atoms with Crippen LogP contribution >= 0.6 is 11.8 Å². The van der Waals surface area contributed by atoms with Gasteiger partial charge < -0.3 is 0 Å². The van der Waals surface area contributed by atoms with E-state index in [9.17, 15) is 0 Å². The molecule has 8 heteroatoms. The van der Waals surface area contributed by atoms with E-state index in [1.54, 1.807) is 0 Å². The van der Waals surface area contributed by atoms with Gasteiger partial charge in [-0.3, -0.25) is 0 Å². The third-order valence-electron chi connectivity index (χ3n) is 1.41. The Kier molecular flexibility index (Phi) is 2.21. The maximum Gasteiger partial charge on any atom is 0.231 e. The second-order valence-corrected chi connectivity index (χ2v) is 3.22. The van der Waals surface area contributed by atoms with Gasteiger partial charge in [0.05, 0.1) is 0 Å². The molecule has 0 bridgehead atoms. The van der Waals surface area contributed by atoms with Crippen LogP contribution in [0.3, 0.4) is 0 Å². The van der Waals surface area contributed by atoms with Gasteiger partial charge in [0.1, 0.15) is 11.4 Å². The minimum atomic E-state index is 0.586. The predicted octanol–water partition coefficient (Wildman–Crippen LogP) is 0.183. The van der Waals surface area contributed by atoms with Crippen LogP contribution in [0.4, 0.5) is 0 Å². The summed E-state index contributed by atoms with van der Waals surface area (Å²) < 4.78 is 4.54. The van der Waals surface area contributed by atoms with E-state index in [0.717, 1.165) is 11.4 Å². The lowest BCUT2D eigenvalue weighted by Crippen LogP contribution is -1.85. The molecular formula is C5H6N6OS. The Morgan fingerprint density at radius 3 is 3.00 bits per heavy atom. The summed E-state index contributed by atoms with van der Waals surface area (Å²) in [5, 5.41) is 21.3. The molecule has 0 unspecified atom stereocenters. The van der Waals surface area contributed by atoms with Crippen molar-refractivity contribution in [1.29, 1.82) is 0 Å². The Bertz CT molecular complexity index is 370. The van der Waals surface area contributed by atoms with E-state index in [1.807, 2.05) is 6.92 Å². The number of aromatic nitrogens is 6. The van der Waals surface area contributed by atoms with Gasteiger partial charge in [0, 0.05) is 5.75 Å². The Hall–Kier alpha value is -1.44. The summed E-state index contributed by atoms with van der Waals surface area (Å²) in [7, 11) is 0. The number of aromatic amines is 1. The number of hydrogen-bond donors (Lipinski definition) is 1. The van der Waals surface area contributed by atoms with Gasteiger partial charge in [0.25, 0.3) is 0 Å². The molecule has 2 heterocycles. The average molecular weight is 198 g/mol. The smallest absolute Gasteiger partial charge is 0.231 e. The quantitative estimate of drug-likeness (QED) is 0.703. The van der Waals surface area contributed by atoms with Crippen molar-refractivity contribution < 1.29 is 4.63 Å². The minimum absolute atomic E-state index is 0.586. The van der Waals surface area contributed by atoms with E-state index >= 15 is 0 Å². The molecule has 0 atom stereocenters. The fourth-order valence-electron chi connectivity index (χ4n) is 0.727. The zero-order valence-electron chi connectivity index (χ0n) is 6.76. The van der Waals surface area contributed by atoms with Crippen LogP contribution in [0.2, 0.25) is 0 Å². The molecule has 68 valence electrons. The van der Waals surface area contributed by atoms with Crippen molar-refractivity contribution in [3.05, 3.63) is 11.4 Å². The highest BCUT2D eigenvalue weighted by molar-refractivity contribution is 7.98. The average Bonchev–Trinajstić information content (AvgIpc) is 2.72. The van der Waals surface area contributed by atoms with Crippen molar-refractivity contribution in [1.82, 2.24) is 30.9 Å². The number of rotatable bonds is 3. The van der Waals surface area contributed by atoms with Crippen LogP contribution in [0.15, 0.2) is 9.79 Å². The van der Waals surface area contributed by atoms with Gasteiger partial charge in [-0.1, -0.05) is 22.1 Å². The maximum absolute atomic E-state index is 4.54. The Morgan fingerprint density at radius 1 is 1.46 bits per heavy atom. The fourth-order valence-corrected chi connectivity index (χ4v) is 1.46. The van der Waals surface area contributed by atoms with Crippen molar-refractivity contribution in [3.63, 3.8) is 0 Å². The van der Waals surface area contributed by atoms with Crippen molar-refractivity contribution >= 4 is 11.8 Å². The van der Waals surface area contributed by atoms with Gasteiger partial charge in [-0.05, 0) is 12.1 Å². The number of nitrogens with zero attached hydrogens (tertiary/aromatic N) is 5. The van der Waals surface area contributed by atoms with E-state index in [1.165, 1.54) is 11.8 Å². The fraction of sp³-hybridized carbons (Fsp3) is 0.400. The molecule has 2 rings (SSSR count). The molecule has 0 spiro atoms. The summed E-state index contributed by atoms with van der Waals surface area (Å²) in [5.74, 6) is 0.634. The molecule has 0 aliphatic rings. The van der Waals surface area contributed by atoms with Crippen LogP contribution in [-0.2, 0) is 5.75 Å². The standard InChI is InChI=1S/C5H6N6OS/c1-3-4(9-12-8-3)2-13-5-6-10-11-7-5/h2H2,1H3,(H,6,7,10,11). The van der Waals surface area contributed by atoms with Crippen LogP contribution < -0.4 is 0 Å². The molecule has 0 radical (unpaired) electrons. The van der Waals surface area contributed by atoms with E-state index < -0.39 is 0 Å². The number of hydrogen-bond acceptors (Lipinski definition) is 7. The van der Waals surface area contributed by atoms with Gasteiger partial charge in [-0.25, -0.2) is 4.63 Å². The van der Waals surface area contributed by atoms with Crippen LogP contribution in [0.25, 0.3) is 0 Å². The molecule has 2 aromatic heterocycles. The number of H-pyrrole nitrogens is 1. The second kappa shape index (κ2) is 3.52. The molecule has 0 fully saturated rings. The zero-order chi connectivity index (χ0) is 9.10. The summed E-state index contributed by atoms with van der Waals surface area (Å²) in [6.07, 6.45) is 0. The molecule has 0 aliphatic carbocycles. The van der Waals surface area contributed by atoms with Crippen molar-refractivity contribution in [3.8, 4) is 0 Å². The molecule has 0 saturated carbocycles. The topological polar surface area (TPSA) is 93.4 Å².